The van der Waals surface area contributed by atoms with Crippen LogP contribution in [0.5, 0.6) is 0 Å². The van der Waals surface area contributed by atoms with Crippen LogP contribution in [0.15, 0.2) is 18.2 Å². The van der Waals surface area contributed by atoms with Gasteiger partial charge in [-0.1, -0.05) is 17.7 Å². The lowest BCUT2D eigenvalue weighted by Gasteiger charge is -2.12. The highest BCUT2D eigenvalue weighted by atomic mass is 35.5. The number of halogens is 2. The molecular formula is C13H18Cl2N2O. The number of carbonyl (C=O) groups is 1. The lowest BCUT2D eigenvalue weighted by Crippen LogP contribution is -2.38. The lowest BCUT2D eigenvalue weighted by atomic mass is 10.1. The van der Waals surface area contributed by atoms with Gasteiger partial charge in [0.05, 0.1) is 10.6 Å². The third kappa shape index (κ3) is 3.87. The van der Waals surface area contributed by atoms with Crippen molar-refractivity contribution in [1.82, 2.24) is 5.32 Å². The van der Waals surface area contributed by atoms with Gasteiger partial charge in [-0.15, -0.1) is 12.4 Å². The van der Waals surface area contributed by atoms with Crippen LogP contribution in [0.1, 0.15) is 28.8 Å². The summed E-state index contributed by atoms with van der Waals surface area (Å²) in [5, 5.41) is 3.32. The smallest absolute Gasteiger partial charge is 0.252 e. The molecular weight excluding hydrogens is 271 g/mol. The summed E-state index contributed by atoms with van der Waals surface area (Å²) in [5.74, 6) is 0.440. The largest absolute Gasteiger partial charge is 0.350 e. The summed E-state index contributed by atoms with van der Waals surface area (Å²) in [6, 6.07) is 5.48. The second-order valence-corrected chi connectivity index (χ2v) is 5.10. The molecule has 0 aliphatic heterocycles. The molecule has 100 valence electrons. The van der Waals surface area contributed by atoms with Gasteiger partial charge < -0.3 is 11.1 Å². The number of hydrogen-bond acceptors (Lipinski definition) is 2. The molecule has 0 radical (unpaired) electrons. The van der Waals surface area contributed by atoms with Gasteiger partial charge in [-0.25, -0.2) is 0 Å². The van der Waals surface area contributed by atoms with Crippen LogP contribution in [0.3, 0.4) is 0 Å². The molecule has 0 bridgehead atoms. The molecule has 3 nitrogen and oxygen atoms in total. The Kier molecular flexibility index (Phi) is 5.45. The number of nitrogens with two attached hydrogens (primary N) is 1. The van der Waals surface area contributed by atoms with Crippen LogP contribution in [0.2, 0.25) is 5.02 Å². The van der Waals surface area contributed by atoms with Gasteiger partial charge in [-0.05, 0) is 43.4 Å². The van der Waals surface area contributed by atoms with Crippen LogP contribution in [-0.2, 0) is 0 Å². The topological polar surface area (TPSA) is 55.1 Å². The van der Waals surface area contributed by atoms with E-state index >= 15 is 0 Å². The number of benzene rings is 1. The zero-order valence-electron chi connectivity index (χ0n) is 10.3. The first-order valence-corrected chi connectivity index (χ1v) is 6.25. The fourth-order valence-corrected chi connectivity index (χ4v) is 2.12. The SMILES string of the molecule is Cc1ccc(C(=O)NCC(N)C2CC2)c(Cl)c1.Cl. The maximum Gasteiger partial charge on any atom is 0.252 e. The third-order valence-electron chi connectivity index (χ3n) is 3.10. The first-order valence-electron chi connectivity index (χ1n) is 5.88. The second-order valence-electron chi connectivity index (χ2n) is 4.69. The average molecular weight is 289 g/mol. The monoisotopic (exact) mass is 288 g/mol. The minimum Gasteiger partial charge on any atom is -0.350 e. The van der Waals surface area contributed by atoms with Gasteiger partial charge in [0, 0.05) is 12.6 Å². The molecule has 1 aromatic rings. The van der Waals surface area contributed by atoms with Gasteiger partial charge in [-0.3, -0.25) is 4.79 Å². The minimum absolute atomic E-state index is 0. The highest BCUT2D eigenvalue weighted by Crippen LogP contribution is 2.31. The van der Waals surface area contributed by atoms with Crippen molar-refractivity contribution in [2.24, 2.45) is 11.7 Å². The van der Waals surface area contributed by atoms with E-state index in [-0.39, 0.29) is 24.4 Å². The van der Waals surface area contributed by atoms with Crippen LogP contribution < -0.4 is 11.1 Å². The molecule has 1 amide bonds. The maximum absolute atomic E-state index is 11.9. The van der Waals surface area contributed by atoms with Gasteiger partial charge in [-0.2, -0.15) is 0 Å². The first kappa shape index (κ1) is 15.3. The summed E-state index contributed by atoms with van der Waals surface area (Å²) in [6.45, 7) is 2.46. The summed E-state index contributed by atoms with van der Waals surface area (Å²) in [6.07, 6.45) is 2.37. The van der Waals surface area contributed by atoms with Crippen molar-refractivity contribution in [3.05, 3.63) is 34.3 Å². The highest BCUT2D eigenvalue weighted by Gasteiger charge is 2.28. The van der Waals surface area contributed by atoms with Crippen LogP contribution in [0.25, 0.3) is 0 Å². The molecule has 0 heterocycles. The molecule has 1 unspecified atom stereocenters. The fraction of sp³-hybridized carbons (Fsp3) is 0.462. The summed E-state index contributed by atoms with van der Waals surface area (Å²) < 4.78 is 0. The van der Waals surface area contributed by atoms with Crippen molar-refractivity contribution in [3.8, 4) is 0 Å². The molecule has 1 saturated carbocycles. The zero-order valence-corrected chi connectivity index (χ0v) is 11.9. The van der Waals surface area contributed by atoms with Gasteiger partial charge in [0.15, 0.2) is 0 Å². The van der Waals surface area contributed by atoms with Crippen molar-refractivity contribution in [2.75, 3.05) is 6.54 Å². The van der Waals surface area contributed by atoms with Gasteiger partial charge in [0.1, 0.15) is 0 Å². The molecule has 1 aliphatic rings. The van der Waals surface area contributed by atoms with Crippen LogP contribution in [0, 0.1) is 12.8 Å². The fourth-order valence-electron chi connectivity index (χ4n) is 1.80. The quantitative estimate of drug-likeness (QED) is 0.895. The Balaban J connectivity index is 0.00000162. The number of aryl methyl sites for hydroxylation is 1. The van der Waals surface area contributed by atoms with Crippen LogP contribution >= 0.6 is 24.0 Å². The molecule has 0 aromatic heterocycles. The Morgan fingerprint density at radius 1 is 1.56 bits per heavy atom. The van der Waals surface area contributed by atoms with Crippen LogP contribution in [-0.4, -0.2) is 18.5 Å². The molecule has 18 heavy (non-hydrogen) atoms. The highest BCUT2D eigenvalue weighted by molar-refractivity contribution is 6.33. The predicted molar refractivity (Wildman–Crippen MR) is 76.5 cm³/mol. The molecule has 1 fully saturated rings. The zero-order chi connectivity index (χ0) is 12.4. The van der Waals surface area contributed by atoms with Gasteiger partial charge in [0.2, 0.25) is 0 Å². The molecule has 3 N–H and O–H groups in total. The molecule has 0 saturated heterocycles. The normalized spacial score (nSPS) is 15.7. The Morgan fingerprint density at radius 2 is 2.22 bits per heavy atom. The summed E-state index contributed by atoms with van der Waals surface area (Å²) in [7, 11) is 0. The Bertz CT molecular complexity index is 433. The number of rotatable bonds is 4. The number of hydrogen-bond donors (Lipinski definition) is 2. The van der Waals surface area contributed by atoms with Crippen molar-refractivity contribution < 1.29 is 4.79 Å². The van der Waals surface area contributed by atoms with E-state index in [2.05, 4.69) is 5.32 Å². The Hall–Kier alpha value is -0.770. The van der Waals surface area contributed by atoms with E-state index in [0.29, 0.717) is 23.0 Å². The second kappa shape index (κ2) is 6.41. The lowest BCUT2D eigenvalue weighted by molar-refractivity contribution is 0.0950. The van der Waals surface area contributed by atoms with E-state index in [1.165, 1.54) is 12.8 Å². The van der Waals surface area contributed by atoms with E-state index in [0.717, 1.165) is 5.56 Å². The van der Waals surface area contributed by atoms with E-state index in [1.54, 1.807) is 12.1 Å². The third-order valence-corrected chi connectivity index (χ3v) is 3.41. The van der Waals surface area contributed by atoms with Crippen molar-refractivity contribution in [1.29, 1.82) is 0 Å². The van der Waals surface area contributed by atoms with E-state index in [4.69, 9.17) is 17.3 Å². The Labute approximate surface area is 118 Å². The van der Waals surface area contributed by atoms with Crippen molar-refractivity contribution in [2.45, 2.75) is 25.8 Å². The molecule has 1 aromatic carbocycles. The minimum atomic E-state index is -0.147. The molecule has 5 heteroatoms. The number of nitrogens with one attached hydrogen (secondary N) is 1. The molecule has 0 spiro atoms. The summed E-state index contributed by atoms with van der Waals surface area (Å²) >= 11 is 6.02. The molecule has 2 rings (SSSR count). The number of carbonyl (C=O) groups excluding carboxylic acids is 1. The standard InChI is InChI=1S/C13H17ClN2O.ClH/c1-8-2-5-10(11(14)6-8)13(17)16-7-12(15)9-3-4-9;/h2,5-6,9,12H,3-4,7,15H2,1H3,(H,16,17);1H. The van der Waals surface area contributed by atoms with Gasteiger partial charge >= 0.3 is 0 Å². The van der Waals surface area contributed by atoms with Crippen molar-refractivity contribution in [3.63, 3.8) is 0 Å². The average Bonchev–Trinajstić information content (AvgIpc) is 3.09. The molecule has 1 atom stereocenters. The molecule has 1 aliphatic carbocycles. The maximum atomic E-state index is 11.9. The number of amides is 1. The first-order chi connectivity index (χ1) is 8.08. The van der Waals surface area contributed by atoms with Crippen molar-refractivity contribution >= 4 is 29.9 Å². The van der Waals surface area contributed by atoms with E-state index in [9.17, 15) is 4.79 Å². The summed E-state index contributed by atoms with van der Waals surface area (Å²) in [4.78, 5) is 11.9. The van der Waals surface area contributed by atoms with E-state index in [1.807, 2.05) is 13.0 Å². The predicted octanol–water partition coefficient (Wildman–Crippen LogP) is 2.54. The van der Waals surface area contributed by atoms with E-state index < -0.39 is 0 Å². The van der Waals surface area contributed by atoms with Gasteiger partial charge in [0.25, 0.3) is 5.91 Å². The Morgan fingerprint density at radius 3 is 2.78 bits per heavy atom. The summed E-state index contributed by atoms with van der Waals surface area (Å²) in [5.41, 5.74) is 7.48. The van der Waals surface area contributed by atoms with Crippen LogP contribution in [0.4, 0.5) is 0 Å².